The molecule has 2 atom stereocenters. The van der Waals surface area contributed by atoms with Gasteiger partial charge in [-0.15, -0.1) is 11.3 Å². The van der Waals surface area contributed by atoms with Crippen LogP contribution in [0.25, 0.3) is 11.3 Å². The van der Waals surface area contributed by atoms with E-state index in [0.29, 0.717) is 45.0 Å². The lowest BCUT2D eigenvalue weighted by Gasteiger charge is -2.27. The maximum atomic E-state index is 12.9. The molecule has 3 heterocycles. The second kappa shape index (κ2) is 11.8. The Morgan fingerprint density at radius 3 is 2.69 bits per heavy atom. The van der Waals surface area contributed by atoms with E-state index in [1.807, 2.05) is 54.5 Å². The van der Waals surface area contributed by atoms with E-state index in [9.17, 15) is 14.7 Å². The first-order chi connectivity index (χ1) is 18.8. The minimum absolute atomic E-state index is 0.0377. The Morgan fingerprint density at radius 1 is 1.15 bits per heavy atom. The highest BCUT2D eigenvalue weighted by molar-refractivity contribution is 7.14. The van der Waals surface area contributed by atoms with Crippen molar-refractivity contribution in [1.29, 1.82) is 0 Å². The van der Waals surface area contributed by atoms with Crippen molar-refractivity contribution >= 4 is 28.3 Å². The number of carboxylic acids is 1. The van der Waals surface area contributed by atoms with Crippen LogP contribution >= 0.6 is 11.3 Å². The number of carbonyl (C=O) groups is 2. The van der Waals surface area contributed by atoms with Gasteiger partial charge in [0.25, 0.3) is 5.91 Å². The van der Waals surface area contributed by atoms with Crippen LogP contribution in [0.15, 0.2) is 41.8 Å². The fourth-order valence-electron chi connectivity index (χ4n) is 5.17. The smallest absolute Gasteiger partial charge is 0.306 e. The standard InChI is InChI=1S/C30H35N3O5S/c1-19-4-7-27(38-17-24-6-5-22(15-20(24)2)28(34)32-10-12-37-13-11-32)25(14-19)26-18-39-30(31-26)33-9-8-23(16-33)21(3)29(35)36/h4-7,14-15,18,21,23H,8-13,16-17H2,1-3H3,(H,35,36). The number of aryl methyl sites for hydroxylation is 2. The second-order valence-electron chi connectivity index (χ2n) is 10.5. The molecule has 0 spiro atoms. The summed E-state index contributed by atoms with van der Waals surface area (Å²) >= 11 is 1.58. The van der Waals surface area contributed by atoms with Gasteiger partial charge in [-0.05, 0) is 61.6 Å². The van der Waals surface area contributed by atoms with E-state index in [1.54, 1.807) is 18.3 Å². The summed E-state index contributed by atoms with van der Waals surface area (Å²) in [5, 5.41) is 12.3. The Balaban J connectivity index is 1.28. The number of morpholine rings is 1. The zero-order chi connectivity index (χ0) is 27.5. The summed E-state index contributed by atoms with van der Waals surface area (Å²) in [6.07, 6.45) is 0.859. The minimum atomic E-state index is -0.739. The number of thiazole rings is 1. The van der Waals surface area contributed by atoms with Crippen LogP contribution in [-0.2, 0) is 16.1 Å². The van der Waals surface area contributed by atoms with E-state index < -0.39 is 5.97 Å². The lowest BCUT2D eigenvalue weighted by molar-refractivity contribution is -0.142. The van der Waals surface area contributed by atoms with Crippen LogP contribution < -0.4 is 9.64 Å². The first-order valence-corrected chi connectivity index (χ1v) is 14.3. The molecule has 39 heavy (non-hydrogen) atoms. The van der Waals surface area contributed by atoms with Gasteiger partial charge in [0.05, 0.1) is 24.8 Å². The van der Waals surface area contributed by atoms with E-state index in [4.69, 9.17) is 14.5 Å². The highest BCUT2D eigenvalue weighted by Crippen LogP contribution is 2.37. The van der Waals surface area contributed by atoms with Crippen molar-refractivity contribution in [3.05, 3.63) is 64.0 Å². The number of aromatic nitrogens is 1. The van der Waals surface area contributed by atoms with Crippen LogP contribution in [0.5, 0.6) is 5.75 Å². The summed E-state index contributed by atoms with van der Waals surface area (Å²) in [5.74, 6) is -0.176. The predicted molar refractivity (Wildman–Crippen MR) is 152 cm³/mol. The quantitative estimate of drug-likeness (QED) is 0.422. The molecule has 9 heteroatoms. The van der Waals surface area contributed by atoms with Gasteiger partial charge in [-0.1, -0.05) is 24.6 Å². The van der Waals surface area contributed by atoms with Crippen LogP contribution in [0.4, 0.5) is 5.13 Å². The predicted octanol–water partition coefficient (Wildman–Crippen LogP) is 5.03. The monoisotopic (exact) mass is 549 g/mol. The van der Waals surface area contributed by atoms with Gasteiger partial charge < -0.3 is 24.4 Å². The summed E-state index contributed by atoms with van der Waals surface area (Å²) in [4.78, 5) is 33.2. The molecule has 2 aliphatic heterocycles. The molecule has 5 rings (SSSR count). The number of anilines is 1. The second-order valence-corrected chi connectivity index (χ2v) is 11.3. The first-order valence-electron chi connectivity index (χ1n) is 13.4. The fourth-order valence-corrected chi connectivity index (χ4v) is 6.03. The van der Waals surface area contributed by atoms with Crippen LogP contribution in [0.3, 0.4) is 0 Å². The van der Waals surface area contributed by atoms with Gasteiger partial charge in [0, 0.05) is 42.7 Å². The summed E-state index contributed by atoms with van der Waals surface area (Å²) in [6.45, 7) is 10.2. The van der Waals surface area contributed by atoms with Crippen molar-refractivity contribution < 1.29 is 24.2 Å². The normalized spacial score (nSPS) is 18.3. The molecule has 0 saturated carbocycles. The third-order valence-corrected chi connectivity index (χ3v) is 8.67. The number of aliphatic carboxylic acids is 1. The van der Waals surface area contributed by atoms with Gasteiger partial charge in [0.1, 0.15) is 12.4 Å². The van der Waals surface area contributed by atoms with Gasteiger partial charge >= 0.3 is 5.97 Å². The van der Waals surface area contributed by atoms with E-state index in [2.05, 4.69) is 11.0 Å². The molecule has 1 N–H and O–H groups in total. The Kier molecular flexibility index (Phi) is 8.18. The summed E-state index contributed by atoms with van der Waals surface area (Å²) in [6, 6.07) is 11.9. The number of ether oxygens (including phenoxy) is 2. The number of carbonyl (C=O) groups excluding carboxylic acids is 1. The molecule has 2 aromatic carbocycles. The van der Waals surface area contributed by atoms with Gasteiger partial charge in [-0.3, -0.25) is 9.59 Å². The van der Waals surface area contributed by atoms with Crippen LogP contribution in [0, 0.1) is 25.7 Å². The Bertz CT molecular complexity index is 1350. The number of hydrogen-bond donors (Lipinski definition) is 1. The van der Waals surface area contributed by atoms with E-state index in [0.717, 1.165) is 51.8 Å². The molecule has 2 fully saturated rings. The Labute approximate surface area is 233 Å². The third kappa shape index (κ3) is 6.09. The molecule has 3 aromatic rings. The Morgan fingerprint density at radius 2 is 1.95 bits per heavy atom. The van der Waals surface area contributed by atoms with Crippen molar-refractivity contribution in [1.82, 2.24) is 9.88 Å². The number of nitrogens with zero attached hydrogens (tertiary/aromatic N) is 3. The van der Waals surface area contributed by atoms with Gasteiger partial charge in [0.2, 0.25) is 0 Å². The number of benzene rings is 2. The SMILES string of the molecule is Cc1ccc(OCc2ccc(C(=O)N3CCOCC3)cc2C)c(-c2csc(N3CCC(C(C)C(=O)O)C3)n2)c1. The third-order valence-electron chi connectivity index (χ3n) is 7.77. The molecule has 1 amide bonds. The highest BCUT2D eigenvalue weighted by atomic mass is 32.1. The lowest BCUT2D eigenvalue weighted by atomic mass is 9.94. The molecule has 0 radical (unpaired) electrons. The molecule has 1 aromatic heterocycles. The average molecular weight is 550 g/mol. The molecule has 0 bridgehead atoms. The van der Waals surface area contributed by atoms with Crippen LogP contribution in [0.2, 0.25) is 0 Å². The van der Waals surface area contributed by atoms with Crippen molar-refractivity contribution in [2.24, 2.45) is 11.8 Å². The van der Waals surface area contributed by atoms with E-state index in [-0.39, 0.29) is 17.7 Å². The minimum Gasteiger partial charge on any atom is -0.488 e. The molecule has 2 saturated heterocycles. The van der Waals surface area contributed by atoms with Gasteiger partial charge in [-0.25, -0.2) is 4.98 Å². The van der Waals surface area contributed by atoms with Crippen molar-refractivity contribution in [2.75, 3.05) is 44.3 Å². The van der Waals surface area contributed by atoms with Crippen molar-refractivity contribution in [3.8, 4) is 17.0 Å². The maximum absolute atomic E-state index is 12.9. The molecule has 0 aliphatic carbocycles. The summed E-state index contributed by atoms with van der Waals surface area (Å²) < 4.78 is 11.7. The number of carboxylic acid groups (broad SMARTS) is 1. The largest absolute Gasteiger partial charge is 0.488 e. The zero-order valence-electron chi connectivity index (χ0n) is 22.7. The lowest BCUT2D eigenvalue weighted by Crippen LogP contribution is -2.40. The molecular formula is C30H35N3O5S. The number of rotatable bonds is 8. The molecule has 8 nitrogen and oxygen atoms in total. The van der Waals surface area contributed by atoms with Crippen molar-refractivity contribution in [3.63, 3.8) is 0 Å². The molecule has 206 valence electrons. The summed E-state index contributed by atoms with van der Waals surface area (Å²) in [7, 11) is 0. The van der Waals surface area contributed by atoms with Crippen molar-refractivity contribution in [2.45, 2.75) is 33.8 Å². The van der Waals surface area contributed by atoms with Crippen LogP contribution in [0.1, 0.15) is 40.4 Å². The van der Waals surface area contributed by atoms with E-state index >= 15 is 0 Å². The average Bonchev–Trinajstić information content (AvgIpc) is 3.63. The number of amides is 1. The fraction of sp³-hybridized carbons (Fsp3) is 0.433. The summed E-state index contributed by atoms with van der Waals surface area (Å²) in [5.41, 5.74) is 5.62. The molecule has 2 aliphatic rings. The molecule has 2 unspecified atom stereocenters. The zero-order valence-corrected chi connectivity index (χ0v) is 23.5. The highest BCUT2D eigenvalue weighted by Gasteiger charge is 2.32. The van der Waals surface area contributed by atoms with E-state index in [1.165, 1.54) is 0 Å². The maximum Gasteiger partial charge on any atom is 0.306 e. The van der Waals surface area contributed by atoms with Gasteiger partial charge in [-0.2, -0.15) is 0 Å². The Hall–Kier alpha value is -3.43. The topological polar surface area (TPSA) is 92.2 Å². The van der Waals surface area contributed by atoms with Crippen LogP contribution in [-0.4, -0.2) is 66.3 Å². The molecular weight excluding hydrogens is 514 g/mol. The first kappa shape index (κ1) is 27.1. The van der Waals surface area contributed by atoms with Gasteiger partial charge in [0.15, 0.2) is 5.13 Å². The number of hydrogen-bond acceptors (Lipinski definition) is 7.